The third kappa shape index (κ3) is 4.23. The fourth-order valence-corrected chi connectivity index (χ4v) is 4.05. The van der Waals surface area contributed by atoms with E-state index in [2.05, 4.69) is 10.4 Å². The van der Waals surface area contributed by atoms with E-state index in [9.17, 15) is 18.0 Å². The Balaban J connectivity index is 1.87. The summed E-state index contributed by atoms with van der Waals surface area (Å²) in [4.78, 5) is 16.8. The summed E-state index contributed by atoms with van der Waals surface area (Å²) in [7, 11) is 3.91. The van der Waals surface area contributed by atoms with Crippen LogP contribution in [0.25, 0.3) is 0 Å². The first-order valence-corrected chi connectivity index (χ1v) is 9.59. The number of likely N-dealkylation sites (N-methyl/N-ethyl adjacent to an activating group) is 1. The van der Waals surface area contributed by atoms with E-state index in [0.717, 1.165) is 30.5 Å². The Morgan fingerprint density at radius 1 is 1.37 bits per heavy atom. The molecule has 0 saturated carbocycles. The lowest BCUT2D eigenvalue weighted by molar-refractivity contribution is -0.173. The van der Waals surface area contributed by atoms with Gasteiger partial charge < -0.3 is 15.1 Å². The standard InChI is InChI=1S/C18H28F3N5O/c1-4-12-9-15(18(19,20)21)26-16(22-12)10-14(23-26)17(27)25-8-6-5-7-13(25)11-24(2)3/h10,12-13,15,22H,4-9,11H2,1-3H3/t12-,13?,15-/m1/s1. The van der Waals surface area contributed by atoms with Gasteiger partial charge in [0.15, 0.2) is 11.7 Å². The van der Waals surface area contributed by atoms with Crippen LogP contribution in [0.15, 0.2) is 6.07 Å². The first-order valence-electron chi connectivity index (χ1n) is 9.59. The van der Waals surface area contributed by atoms with Gasteiger partial charge in [-0.15, -0.1) is 0 Å². The zero-order valence-electron chi connectivity index (χ0n) is 16.1. The lowest BCUT2D eigenvalue weighted by Crippen LogP contribution is -2.48. The van der Waals surface area contributed by atoms with E-state index in [1.807, 2.05) is 25.9 Å². The average Bonchev–Trinajstić information content (AvgIpc) is 3.03. The second-order valence-corrected chi connectivity index (χ2v) is 7.81. The van der Waals surface area contributed by atoms with Crippen molar-refractivity contribution in [2.24, 2.45) is 0 Å². The topological polar surface area (TPSA) is 53.4 Å². The first-order chi connectivity index (χ1) is 12.7. The summed E-state index contributed by atoms with van der Waals surface area (Å²) in [6.07, 6.45) is -1.02. The molecule has 0 aliphatic carbocycles. The Morgan fingerprint density at radius 2 is 2.11 bits per heavy atom. The molecule has 2 aliphatic rings. The van der Waals surface area contributed by atoms with Gasteiger partial charge in [-0.05, 0) is 46.2 Å². The number of fused-ring (bicyclic) bond motifs is 1. The fraction of sp³-hybridized carbons (Fsp3) is 0.778. The number of aromatic nitrogens is 2. The van der Waals surface area contributed by atoms with Crippen molar-refractivity contribution in [2.45, 2.75) is 63.3 Å². The maximum atomic E-state index is 13.5. The van der Waals surface area contributed by atoms with Crippen LogP contribution >= 0.6 is 0 Å². The Bertz CT molecular complexity index is 672. The van der Waals surface area contributed by atoms with Gasteiger partial charge in [0.1, 0.15) is 5.82 Å². The normalized spacial score (nSPS) is 26.0. The Morgan fingerprint density at radius 3 is 2.74 bits per heavy atom. The third-order valence-electron chi connectivity index (χ3n) is 5.44. The number of carbonyl (C=O) groups excluding carboxylic acids is 1. The fourth-order valence-electron chi connectivity index (χ4n) is 4.05. The highest BCUT2D eigenvalue weighted by atomic mass is 19.4. The molecule has 1 fully saturated rings. The zero-order chi connectivity index (χ0) is 19.8. The molecule has 152 valence electrons. The van der Waals surface area contributed by atoms with Crippen molar-refractivity contribution < 1.29 is 18.0 Å². The van der Waals surface area contributed by atoms with Crippen LogP contribution in [0.4, 0.5) is 19.0 Å². The summed E-state index contributed by atoms with van der Waals surface area (Å²) in [5, 5.41) is 7.18. The number of hydrogen-bond donors (Lipinski definition) is 1. The molecule has 27 heavy (non-hydrogen) atoms. The highest BCUT2D eigenvalue weighted by Crippen LogP contribution is 2.40. The first kappa shape index (κ1) is 20.0. The molecule has 9 heteroatoms. The molecule has 0 spiro atoms. The number of halogens is 3. The van der Waals surface area contributed by atoms with Crippen LogP contribution in [-0.2, 0) is 0 Å². The molecule has 1 saturated heterocycles. The number of anilines is 1. The summed E-state index contributed by atoms with van der Waals surface area (Å²) >= 11 is 0. The van der Waals surface area contributed by atoms with Crippen LogP contribution in [0.5, 0.6) is 0 Å². The van der Waals surface area contributed by atoms with Gasteiger partial charge in [0.2, 0.25) is 0 Å². The summed E-state index contributed by atoms with van der Waals surface area (Å²) in [5.74, 6) is -0.000771. The lowest BCUT2D eigenvalue weighted by atomic mass is 10.0. The smallest absolute Gasteiger partial charge is 0.367 e. The second-order valence-electron chi connectivity index (χ2n) is 7.81. The van der Waals surface area contributed by atoms with E-state index >= 15 is 0 Å². The molecular weight excluding hydrogens is 359 g/mol. The number of rotatable bonds is 4. The number of alkyl halides is 3. The maximum Gasteiger partial charge on any atom is 0.410 e. The third-order valence-corrected chi connectivity index (χ3v) is 5.44. The molecule has 3 rings (SSSR count). The van der Waals surface area contributed by atoms with Crippen LogP contribution < -0.4 is 5.32 Å². The minimum atomic E-state index is -4.39. The number of likely N-dealkylation sites (tertiary alicyclic amines) is 1. The van der Waals surface area contributed by atoms with E-state index < -0.39 is 12.2 Å². The van der Waals surface area contributed by atoms with Crippen molar-refractivity contribution in [3.63, 3.8) is 0 Å². The van der Waals surface area contributed by atoms with Gasteiger partial charge >= 0.3 is 6.18 Å². The predicted molar refractivity (Wildman–Crippen MR) is 96.9 cm³/mol. The zero-order valence-corrected chi connectivity index (χ0v) is 16.1. The summed E-state index contributed by atoms with van der Waals surface area (Å²) in [6, 6.07) is -0.432. The van der Waals surface area contributed by atoms with Crippen molar-refractivity contribution in [1.29, 1.82) is 0 Å². The minimum Gasteiger partial charge on any atom is -0.367 e. The number of hydrogen-bond acceptors (Lipinski definition) is 4. The van der Waals surface area contributed by atoms with Crippen LogP contribution in [0.1, 0.15) is 55.6 Å². The quantitative estimate of drug-likeness (QED) is 0.863. The van der Waals surface area contributed by atoms with E-state index in [0.29, 0.717) is 13.0 Å². The van der Waals surface area contributed by atoms with Crippen molar-refractivity contribution >= 4 is 11.7 Å². The highest BCUT2D eigenvalue weighted by molar-refractivity contribution is 5.93. The number of piperidine rings is 1. The van der Waals surface area contributed by atoms with Crippen LogP contribution in [0.2, 0.25) is 0 Å². The van der Waals surface area contributed by atoms with E-state index in [-0.39, 0.29) is 35.9 Å². The summed E-state index contributed by atoms with van der Waals surface area (Å²) in [5.41, 5.74) is 0.0918. The molecular formula is C18H28F3N5O. The minimum absolute atomic E-state index is 0.0646. The second kappa shape index (κ2) is 7.69. The number of carbonyl (C=O) groups is 1. The van der Waals surface area contributed by atoms with Crippen molar-refractivity contribution in [3.05, 3.63) is 11.8 Å². The van der Waals surface area contributed by atoms with Crippen molar-refractivity contribution in [3.8, 4) is 0 Å². The largest absolute Gasteiger partial charge is 0.410 e. The molecule has 0 bridgehead atoms. The molecule has 2 aliphatic heterocycles. The maximum absolute atomic E-state index is 13.5. The van der Waals surface area contributed by atoms with Gasteiger partial charge in [0, 0.05) is 31.2 Å². The Labute approximate surface area is 157 Å². The van der Waals surface area contributed by atoms with Crippen molar-refractivity contribution in [2.75, 3.05) is 32.5 Å². The Kier molecular flexibility index (Phi) is 5.69. The van der Waals surface area contributed by atoms with Gasteiger partial charge in [-0.2, -0.15) is 18.3 Å². The molecule has 0 aromatic carbocycles. The molecule has 0 radical (unpaired) electrons. The van der Waals surface area contributed by atoms with Crippen molar-refractivity contribution in [1.82, 2.24) is 19.6 Å². The average molecular weight is 387 g/mol. The number of nitrogens with zero attached hydrogens (tertiary/aromatic N) is 4. The van der Waals surface area contributed by atoms with Crippen LogP contribution in [-0.4, -0.2) is 70.9 Å². The molecule has 6 nitrogen and oxygen atoms in total. The molecule has 1 unspecified atom stereocenters. The van der Waals surface area contributed by atoms with E-state index in [1.165, 1.54) is 6.07 Å². The number of nitrogens with one attached hydrogen (secondary N) is 1. The van der Waals surface area contributed by atoms with Gasteiger partial charge in [0.05, 0.1) is 0 Å². The molecule has 1 N–H and O–H groups in total. The van der Waals surface area contributed by atoms with Crippen LogP contribution in [0.3, 0.4) is 0 Å². The molecule has 1 amide bonds. The van der Waals surface area contributed by atoms with E-state index in [1.54, 1.807) is 4.90 Å². The number of amides is 1. The van der Waals surface area contributed by atoms with Crippen LogP contribution in [0, 0.1) is 0 Å². The summed E-state index contributed by atoms with van der Waals surface area (Å²) < 4.78 is 41.5. The molecule has 1 aromatic rings. The monoisotopic (exact) mass is 387 g/mol. The SMILES string of the molecule is CC[C@@H]1C[C@H](C(F)(F)F)n2nc(C(=O)N3CCCCC3CN(C)C)cc2N1. The molecule has 3 heterocycles. The van der Waals surface area contributed by atoms with Gasteiger partial charge in [-0.1, -0.05) is 6.92 Å². The highest BCUT2D eigenvalue weighted by Gasteiger charge is 2.46. The Hall–Kier alpha value is -1.77. The van der Waals surface area contributed by atoms with Gasteiger partial charge in [0.25, 0.3) is 5.91 Å². The van der Waals surface area contributed by atoms with Gasteiger partial charge in [-0.3, -0.25) is 4.79 Å². The predicted octanol–water partition coefficient (Wildman–Crippen LogP) is 3.14. The lowest BCUT2D eigenvalue weighted by Gasteiger charge is -2.36. The van der Waals surface area contributed by atoms with E-state index in [4.69, 9.17) is 0 Å². The summed E-state index contributed by atoms with van der Waals surface area (Å²) in [6.45, 7) is 3.21. The van der Waals surface area contributed by atoms with Gasteiger partial charge in [-0.25, -0.2) is 4.68 Å². The molecule has 3 atom stereocenters. The molecule has 1 aromatic heterocycles.